The zero-order chi connectivity index (χ0) is 12.3. The second-order valence-electron chi connectivity index (χ2n) is 4.91. The average molecular weight is 237 g/mol. The van der Waals surface area contributed by atoms with Gasteiger partial charge in [0, 0.05) is 18.2 Å². The van der Waals surface area contributed by atoms with Crippen molar-refractivity contribution in [2.24, 2.45) is 0 Å². The molecule has 0 bridgehead atoms. The Balaban J connectivity index is 1.86. The Morgan fingerprint density at radius 2 is 2.06 bits per heavy atom. The lowest BCUT2D eigenvalue weighted by Crippen LogP contribution is -2.42. The van der Waals surface area contributed by atoms with Gasteiger partial charge in [0.2, 0.25) is 0 Å². The van der Waals surface area contributed by atoms with Crippen LogP contribution in [0.3, 0.4) is 0 Å². The lowest BCUT2D eigenvalue weighted by molar-refractivity contribution is 0.190. The van der Waals surface area contributed by atoms with Crippen LogP contribution in [-0.4, -0.2) is 35.7 Å². The van der Waals surface area contributed by atoms with Gasteiger partial charge in [-0.3, -0.25) is 4.90 Å². The highest BCUT2D eigenvalue weighted by Crippen LogP contribution is 2.18. The molecule has 17 heavy (non-hydrogen) atoms. The molecule has 0 amide bonds. The van der Waals surface area contributed by atoms with Crippen LogP contribution in [0.2, 0.25) is 0 Å². The van der Waals surface area contributed by atoms with E-state index in [9.17, 15) is 0 Å². The van der Waals surface area contributed by atoms with Crippen molar-refractivity contribution in [1.29, 1.82) is 0 Å². The van der Waals surface area contributed by atoms with Gasteiger partial charge >= 0.3 is 0 Å². The Kier molecular flexibility index (Phi) is 4.18. The molecular formula is C13H23N3O. The van der Waals surface area contributed by atoms with Gasteiger partial charge in [0.05, 0.1) is 5.69 Å². The van der Waals surface area contributed by atoms with Gasteiger partial charge in [-0.2, -0.15) is 0 Å². The molecule has 1 aromatic rings. The molecule has 0 spiro atoms. The molecule has 2 heterocycles. The van der Waals surface area contributed by atoms with Crippen LogP contribution in [0.5, 0.6) is 0 Å². The van der Waals surface area contributed by atoms with Crippen LogP contribution in [0.1, 0.15) is 36.8 Å². The molecule has 0 radical (unpaired) electrons. The summed E-state index contributed by atoms with van der Waals surface area (Å²) >= 11 is 0. The van der Waals surface area contributed by atoms with Crippen molar-refractivity contribution in [3.05, 3.63) is 17.0 Å². The minimum Gasteiger partial charge on any atom is -0.361 e. The predicted octanol–water partition coefficient (Wildman–Crippen LogP) is 1.87. The van der Waals surface area contributed by atoms with Gasteiger partial charge in [0.15, 0.2) is 0 Å². The summed E-state index contributed by atoms with van der Waals surface area (Å²) in [6.45, 7) is 10.6. The second-order valence-corrected chi connectivity index (χ2v) is 4.91. The summed E-state index contributed by atoms with van der Waals surface area (Å²) in [6, 6.07) is 0.709. The molecule has 1 aliphatic rings. The second kappa shape index (κ2) is 5.65. The number of rotatable bonds is 4. The number of hydrogen-bond donors (Lipinski definition) is 1. The van der Waals surface area contributed by atoms with E-state index in [4.69, 9.17) is 4.52 Å². The lowest BCUT2D eigenvalue weighted by atomic mass is 10.0. The number of piperidine rings is 1. The van der Waals surface area contributed by atoms with Gasteiger partial charge in [-0.05, 0) is 46.3 Å². The van der Waals surface area contributed by atoms with E-state index >= 15 is 0 Å². The Hall–Kier alpha value is -0.870. The number of aromatic nitrogens is 1. The van der Waals surface area contributed by atoms with Gasteiger partial charge in [0.1, 0.15) is 5.76 Å². The minimum atomic E-state index is 0.709. The van der Waals surface area contributed by atoms with E-state index in [1.54, 1.807) is 0 Å². The van der Waals surface area contributed by atoms with Crippen molar-refractivity contribution >= 4 is 0 Å². The third-order valence-corrected chi connectivity index (χ3v) is 3.64. The molecule has 96 valence electrons. The first-order valence-corrected chi connectivity index (χ1v) is 6.58. The van der Waals surface area contributed by atoms with Crippen LogP contribution in [0.15, 0.2) is 4.52 Å². The molecule has 1 N–H and O–H groups in total. The average Bonchev–Trinajstić information content (AvgIpc) is 2.64. The number of aryl methyl sites for hydroxylation is 2. The number of nitrogens with one attached hydrogen (secondary N) is 1. The van der Waals surface area contributed by atoms with Crippen LogP contribution in [0.25, 0.3) is 0 Å². The number of hydrogen-bond acceptors (Lipinski definition) is 4. The fourth-order valence-corrected chi connectivity index (χ4v) is 2.54. The lowest BCUT2D eigenvalue weighted by Gasteiger charge is -2.32. The van der Waals surface area contributed by atoms with E-state index < -0.39 is 0 Å². The highest BCUT2D eigenvalue weighted by atomic mass is 16.5. The molecule has 0 atom stereocenters. The van der Waals surface area contributed by atoms with Crippen molar-refractivity contribution in [3.8, 4) is 0 Å². The molecule has 0 aliphatic carbocycles. The first-order chi connectivity index (χ1) is 8.20. The monoisotopic (exact) mass is 237 g/mol. The summed E-state index contributed by atoms with van der Waals surface area (Å²) in [5.41, 5.74) is 2.31. The molecule has 1 fully saturated rings. The molecule has 4 nitrogen and oxygen atoms in total. The third kappa shape index (κ3) is 3.07. The molecule has 0 unspecified atom stereocenters. The SMILES string of the molecule is CCNC1CCN(Cc2c(C)noc2C)CC1. The fraction of sp³-hybridized carbons (Fsp3) is 0.769. The van der Waals surface area contributed by atoms with Gasteiger partial charge in [-0.15, -0.1) is 0 Å². The van der Waals surface area contributed by atoms with Crippen LogP contribution >= 0.6 is 0 Å². The summed E-state index contributed by atoms with van der Waals surface area (Å²) < 4.78 is 5.21. The van der Waals surface area contributed by atoms with Crippen LogP contribution in [0, 0.1) is 13.8 Å². The zero-order valence-electron chi connectivity index (χ0n) is 11.1. The Morgan fingerprint density at radius 3 is 2.59 bits per heavy atom. The summed E-state index contributed by atoms with van der Waals surface area (Å²) in [7, 11) is 0. The molecule has 4 heteroatoms. The van der Waals surface area contributed by atoms with Crippen LogP contribution in [-0.2, 0) is 6.54 Å². The van der Waals surface area contributed by atoms with Crippen LogP contribution in [0.4, 0.5) is 0 Å². The molecular weight excluding hydrogens is 214 g/mol. The van der Waals surface area contributed by atoms with E-state index in [1.807, 2.05) is 13.8 Å². The maximum Gasteiger partial charge on any atom is 0.138 e. The van der Waals surface area contributed by atoms with Crippen molar-refractivity contribution in [2.75, 3.05) is 19.6 Å². The Morgan fingerprint density at radius 1 is 1.35 bits per heavy atom. The van der Waals surface area contributed by atoms with Gasteiger partial charge in [-0.25, -0.2) is 0 Å². The molecule has 0 aromatic carbocycles. The topological polar surface area (TPSA) is 41.3 Å². The summed E-state index contributed by atoms with van der Waals surface area (Å²) in [5, 5.41) is 7.54. The van der Waals surface area contributed by atoms with Crippen molar-refractivity contribution in [3.63, 3.8) is 0 Å². The smallest absolute Gasteiger partial charge is 0.138 e. The summed E-state index contributed by atoms with van der Waals surface area (Å²) in [4.78, 5) is 2.50. The highest BCUT2D eigenvalue weighted by Gasteiger charge is 2.20. The maximum absolute atomic E-state index is 5.21. The minimum absolute atomic E-state index is 0.709. The molecule has 0 saturated carbocycles. The van der Waals surface area contributed by atoms with Crippen LogP contribution < -0.4 is 5.32 Å². The van der Waals surface area contributed by atoms with Gasteiger partial charge in [-0.1, -0.05) is 12.1 Å². The number of likely N-dealkylation sites (tertiary alicyclic amines) is 1. The van der Waals surface area contributed by atoms with E-state index in [0.29, 0.717) is 6.04 Å². The largest absolute Gasteiger partial charge is 0.361 e. The first kappa shape index (κ1) is 12.6. The third-order valence-electron chi connectivity index (χ3n) is 3.64. The molecule has 1 aromatic heterocycles. The van der Waals surface area contributed by atoms with Crippen molar-refractivity contribution in [2.45, 2.75) is 46.2 Å². The number of nitrogens with zero attached hydrogens (tertiary/aromatic N) is 2. The molecule has 1 aliphatic heterocycles. The van der Waals surface area contributed by atoms with E-state index in [1.165, 1.54) is 31.5 Å². The van der Waals surface area contributed by atoms with Gasteiger partial charge in [0.25, 0.3) is 0 Å². The zero-order valence-corrected chi connectivity index (χ0v) is 11.1. The van der Waals surface area contributed by atoms with Crippen molar-refractivity contribution in [1.82, 2.24) is 15.4 Å². The predicted molar refractivity (Wildman–Crippen MR) is 68.0 cm³/mol. The standard InChI is InChI=1S/C13H23N3O/c1-4-14-12-5-7-16(8-6-12)9-13-10(2)15-17-11(13)3/h12,14H,4-9H2,1-3H3. The maximum atomic E-state index is 5.21. The van der Waals surface area contributed by atoms with Gasteiger partial charge < -0.3 is 9.84 Å². The van der Waals surface area contributed by atoms with Crippen molar-refractivity contribution < 1.29 is 4.52 Å². The quantitative estimate of drug-likeness (QED) is 0.868. The van der Waals surface area contributed by atoms with E-state index in [0.717, 1.165) is 24.5 Å². The fourth-order valence-electron chi connectivity index (χ4n) is 2.54. The normalized spacial score (nSPS) is 18.8. The van der Waals surface area contributed by atoms with E-state index in [2.05, 4.69) is 22.3 Å². The highest BCUT2D eigenvalue weighted by molar-refractivity contribution is 5.20. The molecule has 1 saturated heterocycles. The van der Waals surface area contributed by atoms with E-state index in [-0.39, 0.29) is 0 Å². The molecule has 2 rings (SSSR count). The summed E-state index contributed by atoms with van der Waals surface area (Å²) in [5.74, 6) is 0.969. The Bertz CT molecular complexity index is 334. The Labute approximate surface area is 103 Å². The first-order valence-electron chi connectivity index (χ1n) is 6.58. The summed E-state index contributed by atoms with van der Waals surface area (Å²) in [6.07, 6.45) is 2.49.